The van der Waals surface area contributed by atoms with Crippen LogP contribution in [0.2, 0.25) is 0 Å². The first-order valence-electron chi connectivity index (χ1n) is 5.61. The molecule has 3 amide bonds. The summed E-state index contributed by atoms with van der Waals surface area (Å²) in [7, 11) is 0. The van der Waals surface area contributed by atoms with Gasteiger partial charge in [0.1, 0.15) is 0 Å². The summed E-state index contributed by atoms with van der Waals surface area (Å²) in [6.07, 6.45) is 2.20. The van der Waals surface area contributed by atoms with E-state index in [1.165, 1.54) is 0 Å². The summed E-state index contributed by atoms with van der Waals surface area (Å²) in [4.78, 5) is 32.5. The van der Waals surface area contributed by atoms with E-state index in [1.807, 2.05) is 0 Å². The van der Waals surface area contributed by atoms with Crippen molar-refractivity contribution in [2.24, 2.45) is 0 Å². The van der Waals surface area contributed by atoms with Crippen LogP contribution in [0, 0.1) is 0 Å². The van der Waals surface area contributed by atoms with Gasteiger partial charge in [-0.15, -0.1) is 0 Å². The minimum Gasteiger partial charge on any atom is -0.481 e. The number of hydrogen-bond donors (Lipinski definition) is 4. The molecule has 0 spiro atoms. The Morgan fingerprint density at radius 1 is 1.06 bits per heavy atom. The van der Waals surface area contributed by atoms with Crippen molar-refractivity contribution in [3.05, 3.63) is 0 Å². The molecule has 0 unspecified atom stereocenters. The van der Waals surface area contributed by atoms with Crippen LogP contribution in [-0.4, -0.2) is 42.1 Å². The van der Waals surface area contributed by atoms with E-state index in [4.69, 9.17) is 5.11 Å². The highest BCUT2D eigenvalue weighted by Crippen LogP contribution is 2.18. The topological polar surface area (TPSA) is 108 Å². The fourth-order valence-electron chi connectivity index (χ4n) is 1.16. The average molecular weight is 243 g/mol. The number of hydrogen-bond acceptors (Lipinski definition) is 3. The lowest BCUT2D eigenvalue weighted by atomic mass is 10.4. The van der Waals surface area contributed by atoms with Crippen LogP contribution in [-0.2, 0) is 9.59 Å². The molecule has 1 fully saturated rings. The molecule has 0 atom stereocenters. The van der Waals surface area contributed by atoms with Crippen LogP contribution >= 0.6 is 0 Å². The Morgan fingerprint density at radius 2 is 1.65 bits per heavy atom. The van der Waals surface area contributed by atoms with Crippen molar-refractivity contribution in [2.45, 2.75) is 31.7 Å². The zero-order valence-corrected chi connectivity index (χ0v) is 9.49. The summed E-state index contributed by atoms with van der Waals surface area (Å²) in [6, 6.07) is -0.127. The van der Waals surface area contributed by atoms with Gasteiger partial charge in [0.2, 0.25) is 5.91 Å². The van der Waals surface area contributed by atoms with Crippen molar-refractivity contribution >= 4 is 17.9 Å². The van der Waals surface area contributed by atoms with Crippen molar-refractivity contribution in [1.29, 1.82) is 0 Å². The molecule has 0 heterocycles. The van der Waals surface area contributed by atoms with Crippen molar-refractivity contribution in [1.82, 2.24) is 16.0 Å². The maximum atomic E-state index is 11.2. The van der Waals surface area contributed by atoms with Gasteiger partial charge in [-0.3, -0.25) is 9.59 Å². The molecule has 1 aliphatic carbocycles. The van der Waals surface area contributed by atoms with E-state index >= 15 is 0 Å². The molecule has 0 aromatic rings. The van der Waals surface area contributed by atoms with E-state index in [0.717, 1.165) is 12.8 Å². The van der Waals surface area contributed by atoms with Gasteiger partial charge in [0.25, 0.3) is 0 Å². The van der Waals surface area contributed by atoms with Gasteiger partial charge in [-0.05, 0) is 12.8 Å². The van der Waals surface area contributed by atoms with Crippen LogP contribution in [0.5, 0.6) is 0 Å². The Bertz CT molecular complexity index is 302. The number of carboxylic acid groups (broad SMARTS) is 1. The van der Waals surface area contributed by atoms with E-state index in [2.05, 4.69) is 16.0 Å². The fraction of sp³-hybridized carbons (Fsp3) is 0.700. The van der Waals surface area contributed by atoms with Gasteiger partial charge >= 0.3 is 12.0 Å². The Morgan fingerprint density at radius 3 is 2.18 bits per heavy atom. The summed E-state index contributed by atoms with van der Waals surface area (Å²) in [5, 5.41) is 16.0. The molecule has 1 aliphatic rings. The second-order valence-electron chi connectivity index (χ2n) is 3.92. The first-order valence-corrected chi connectivity index (χ1v) is 5.61. The van der Waals surface area contributed by atoms with Gasteiger partial charge < -0.3 is 21.1 Å². The lowest BCUT2D eigenvalue weighted by Crippen LogP contribution is -2.38. The predicted molar refractivity (Wildman–Crippen MR) is 59.4 cm³/mol. The molecule has 0 aliphatic heterocycles. The third-order valence-corrected chi connectivity index (χ3v) is 2.20. The van der Waals surface area contributed by atoms with Gasteiger partial charge in [-0.25, -0.2) is 4.79 Å². The molecule has 7 nitrogen and oxygen atoms in total. The van der Waals surface area contributed by atoms with Gasteiger partial charge in [0.15, 0.2) is 0 Å². The highest BCUT2D eigenvalue weighted by atomic mass is 16.4. The maximum Gasteiger partial charge on any atom is 0.314 e. The molecular formula is C10H17N3O4. The van der Waals surface area contributed by atoms with Crippen LogP contribution in [0.15, 0.2) is 0 Å². The zero-order chi connectivity index (χ0) is 12.7. The maximum absolute atomic E-state index is 11.2. The largest absolute Gasteiger partial charge is 0.481 e. The summed E-state index contributed by atoms with van der Waals surface area (Å²) >= 11 is 0. The minimum absolute atomic E-state index is 0.0710. The SMILES string of the molecule is O=C(O)CCNC(=O)NCCC(=O)NC1CC1. The first-order chi connectivity index (χ1) is 8.08. The van der Waals surface area contributed by atoms with E-state index in [0.29, 0.717) is 6.04 Å². The fourth-order valence-corrected chi connectivity index (χ4v) is 1.16. The molecule has 1 rings (SSSR count). The number of carboxylic acids is 1. The lowest BCUT2D eigenvalue weighted by molar-refractivity contribution is -0.136. The zero-order valence-electron chi connectivity index (χ0n) is 9.49. The average Bonchev–Trinajstić information content (AvgIpc) is 3.01. The molecular weight excluding hydrogens is 226 g/mol. The third kappa shape index (κ3) is 7.15. The normalized spacial score (nSPS) is 13.9. The van der Waals surface area contributed by atoms with Gasteiger partial charge in [0, 0.05) is 25.6 Å². The third-order valence-electron chi connectivity index (χ3n) is 2.20. The lowest BCUT2D eigenvalue weighted by Gasteiger charge is -2.06. The van der Waals surface area contributed by atoms with Crippen molar-refractivity contribution in [2.75, 3.05) is 13.1 Å². The van der Waals surface area contributed by atoms with Crippen LogP contribution < -0.4 is 16.0 Å². The summed E-state index contributed by atoms with van der Waals surface area (Å²) < 4.78 is 0. The second kappa shape index (κ2) is 6.72. The molecule has 0 bridgehead atoms. The van der Waals surface area contributed by atoms with Crippen molar-refractivity contribution < 1.29 is 19.5 Å². The number of nitrogens with one attached hydrogen (secondary N) is 3. The molecule has 7 heteroatoms. The number of urea groups is 1. The van der Waals surface area contributed by atoms with Gasteiger partial charge in [-0.2, -0.15) is 0 Å². The minimum atomic E-state index is -0.964. The Balaban J connectivity index is 1.95. The molecule has 17 heavy (non-hydrogen) atoms. The Labute approximate surface area is 98.9 Å². The molecule has 0 saturated heterocycles. The number of carbonyl (C=O) groups excluding carboxylic acids is 2. The highest BCUT2D eigenvalue weighted by molar-refractivity contribution is 5.78. The number of amides is 3. The number of rotatable bonds is 7. The summed E-state index contributed by atoms with van der Waals surface area (Å²) in [6.45, 7) is 0.326. The van der Waals surface area contributed by atoms with Crippen LogP contribution in [0.1, 0.15) is 25.7 Å². The van der Waals surface area contributed by atoms with E-state index in [-0.39, 0.29) is 31.8 Å². The monoisotopic (exact) mass is 243 g/mol. The quantitative estimate of drug-likeness (QED) is 0.480. The van der Waals surface area contributed by atoms with Crippen molar-refractivity contribution in [3.8, 4) is 0 Å². The van der Waals surface area contributed by atoms with Crippen LogP contribution in [0.4, 0.5) is 4.79 Å². The Hall–Kier alpha value is -1.79. The summed E-state index contributed by atoms with van der Waals surface area (Å²) in [5.74, 6) is -1.03. The molecule has 0 aromatic heterocycles. The first kappa shape index (κ1) is 13.3. The smallest absolute Gasteiger partial charge is 0.314 e. The molecule has 96 valence electrons. The van der Waals surface area contributed by atoms with E-state index in [1.54, 1.807) is 0 Å². The number of aliphatic carboxylic acids is 1. The van der Waals surface area contributed by atoms with E-state index < -0.39 is 12.0 Å². The molecule has 0 aromatic carbocycles. The molecule has 4 N–H and O–H groups in total. The second-order valence-corrected chi connectivity index (χ2v) is 3.92. The molecule has 0 radical (unpaired) electrons. The van der Waals surface area contributed by atoms with Crippen molar-refractivity contribution in [3.63, 3.8) is 0 Å². The van der Waals surface area contributed by atoms with Gasteiger partial charge in [-0.1, -0.05) is 0 Å². The van der Waals surface area contributed by atoms with E-state index in [9.17, 15) is 14.4 Å². The van der Waals surface area contributed by atoms with Crippen LogP contribution in [0.25, 0.3) is 0 Å². The predicted octanol–water partition coefficient (Wildman–Crippen LogP) is -0.571. The standard InChI is InChI=1S/C10H17N3O4/c14-8(13-7-1-2-7)3-5-11-10(17)12-6-4-9(15)16/h7H,1-6H2,(H,13,14)(H,15,16)(H2,11,12,17). The highest BCUT2D eigenvalue weighted by Gasteiger charge is 2.22. The van der Waals surface area contributed by atoms with Gasteiger partial charge in [0.05, 0.1) is 6.42 Å². The molecule has 1 saturated carbocycles. The Kier molecular flexibility index (Phi) is 5.25. The van der Waals surface area contributed by atoms with Crippen LogP contribution in [0.3, 0.4) is 0 Å². The summed E-state index contributed by atoms with van der Waals surface area (Å²) in [5.41, 5.74) is 0. The number of carbonyl (C=O) groups is 3.